The molecule has 4 aliphatic carbocycles. The second-order valence-electron chi connectivity index (χ2n) is 6.74. The van der Waals surface area contributed by atoms with Crippen molar-refractivity contribution < 1.29 is 19.4 Å². The number of esters is 1. The Balaban J connectivity index is 1.61. The highest BCUT2D eigenvalue weighted by Gasteiger charge is 2.56. The Bertz CT molecular complexity index is 324. The van der Waals surface area contributed by atoms with Gasteiger partial charge in [0.05, 0.1) is 13.2 Å². The van der Waals surface area contributed by atoms with E-state index in [1.807, 2.05) is 0 Å². The average Bonchev–Trinajstić information content (AvgIpc) is 2.35. The molecular weight excluding hydrogens is 244 g/mol. The van der Waals surface area contributed by atoms with Gasteiger partial charge in [0.2, 0.25) is 0 Å². The van der Waals surface area contributed by atoms with Gasteiger partial charge in [-0.25, -0.2) is 4.79 Å². The number of hydrogen-bond acceptors (Lipinski definition) is 4. The van der Waals surface area contributed by atoms with Gasteiger partial charge in [-0.1, -0.05) is 0 Å². The molecule has 4 rings (SSSR count). The number of rotatable bonds is 5. The molecular formula is C15H24O4. The van der Waals surface area contributed by atoms with Crippen LogP contribution in [0.5, 0.6) is 0 Å². The van der Waals surface area contributed by atoms with Crippen LogP contribution < -0.4 is 0 Å². The summed E-state index contributed by atoms with van der Waals surface area (Å²) >= 11 is 0. The Morgan fingerprint density at radius 2 is 1.74 bits per heavy atom. The first-order chi connectivity index (χ1) is 9.11. The Labute approximate surface area is 114 Å². The van der Waals surface area contributed by atoms with Crippen molar-refractivity contribution in [3.63, 3.8) is 0 Å². The van der Waals surface area contributed by atoms with Crippen LogP contribution in [-0.2, 0) is 14.3 Å². The highest BCUT2D eigenvalue weighted by molar-refractivity contribution is 5.71. The van der Waals surface area contributed by atoms with E-state index in [4.69, 9.17) is 14.6 Å². The lowest BCUT2D eigenvalue weighted by molar-refractivity contribution is -0.206. The van der Waals surface area contributed by atoms with Crippen LogP contribution in [-0.4, -0.2) is 36.5 Å². The Morgan fingerprint density at radius 1 is 1.16 bits per heavy atom. The summed E-state index contributed by atoms with van der Waals surface area (Å²) in [5.74, 6) is 2.57. The largest absolute Gasteiger partial charge is 0.457 e. The smallest absolute Gasteiger partial charge is 0.332 e. The standard InChI is InChI=1S/C15H24O4/c1-15(19-14(17)9-18-3-2-16)12-5-10-4-11(7-12)8-13(15)6-10/h10-13,16H,2-9H2,1H3. The molecule has 0 unspecified atom stereocenters. The van der Waals surface area contributed by atoms with Crippen molar-refractivity contribution in [3.8, 4) is 0 Å². The van der Waals surface area contributed by atoms with E-state index in [1.54, 1.807) is 0 Å². The Morgan fingerprint density at radius 3 is 2.26 bits per heavy atom. The molecule has 0 aromatic heterocycles. The molecule has 0 atom stereocenters. The third-order valence-electron chi connectivity index (χ3n) is 5.55. The predicted molar refractivity (Wildman–Crippen MR) is 69.4 cm³/mol. The zero-order valence-electron chi connectivity index (χ0n) is 11.6. The summed E-state index contributed by atoms with van der Waals surface area (Å²) in [6.45, 7) is 2.23. The molecule has 0 saturated heterocycles. The normalized spacial score (nSPS) is 43.5. The van der Waals surface area contributed by atoms with Crippen LogP contribution in [0.3, 0.4) is 0 Å². The second-order valence-corrected chi connectivity index (χ2v) is 6.74. The maximum Gasteiger partial charge on any atom is 0.332 e. The van der Waals surface area contributed by atoms with Gasteiger partial charge in [-0.2, -0.15) is 0 Å². The van der Waals surface area contributed by atoms with Crippen LogP contribution >= 0.6 is 0 Å². The zero-order valence-corrected chi connectivity index (χ0v) is 11.6. The van der Waals surface area contributed by atoms with Crippen LogP contribution in [0.2, 0.25) is 0 Å². The lowest BCUT2D eigenvalue weighted by Crippen LogP contribution is -2.58. The van der Waals surface area contributed by atoms with Crippen LogP contribution in [0.4, 0.5) is 0 Å². The quantitative estimate of drug-likeness (QED) is 0.609. The molecule has 0 radical (unpaired) electrons. The van der Waals surface area contributed by atoms with Crippen LogP contribution in [0.15, 0.2) is 0 Å². The average molecular weight is 268 g/mol. The van der Waals surface area contributed by atoms with Crippen molar-refractivity contribution in [1.29, 1.82) is 0 Å². The van der Waals surface area contributed by atoms with Gasteiger partial charge in [0.1, 0.15) is 12.2 Å². The van der Waals surface area contributed by atoms with Gasteiger partial charge in [-0.3, -0.25) is 0 Å². The van der Waals surface area contributed by atoms with Gasteiger partial charge in [-0.15, -0.1) is 0 Å². The van der Waals surface area contributed by atoms with E-state index in [0.717, 1.165) is 11.8 Å². The fourth-order valence-corrected chi connectivity index (χ4v) is 4.78. The summed E-state index contributed by atoms with van der Waals surface area (Å²) in [5.41, 5.74) is -0.271. The van der Waals surface area contributed by atoms with E-state index in [9.17, 15) is 4.79 Å². The molecule has 4 aliphatic rings. The summed E-state index contributed by atoms with van der Waals surface area (Å²) in [4.78, 5) is 11.9. The number of ether oxygens (including phenoxy) is 2. The first-order valence-corrected chi connectivity index (χ1v) is 7.52. The number of carbonyl (C=O) groups is 1. The number of carbonyl (C=O) groups excluding carboxylic acids is 1. The minimum Gasteiger partial charge on any atom is -0.457 e. The van der Waals surface area contributed by atoms with Gasteiger partial charge in [0.25, 0.3) is 0 Å². The van der Waals surface area contributed by atoms with Crippen molar-refractivity contribution in [1.82, 2.24) is 0 Å². The molecule has 0 aliphatic heterocycles. The predicted octanol–water partition coefficient (Wildman–Crippen LogP) is 1.75. The first kappa shape index (κ1) is 13.4. The Kier molecular flexibility index (Phi) is 3.56. The van der Waals surface area contributed by atoms with Crippen LogP contribution in [0.1, 0.15) is 39.0 Å². The molecule has 108 valence electrons. The maximum absolute atomic E-state index is 11.9. The summed E-state index contributed by atoms with van der Waals surface area (Å²) < 4.78 is 10.9. The lowest BCUT2D eigenvalue weighted by Gasteiger charge is -2.59. The minimum absolute atomic E-state index is 0.0392. The Hall–Kier alpha value is -0.610. The molecule has 0 amide bonds. The molecule has 0 spiro atoms. The van der Waals surface area contributed by atoms with Crippen molar-refractivity contribution in [3.05, 3.63) is 0 Å². The van der Waals surface area contributed by atoms with Gasteiger partial charge < -0.3 is 14.6 Å². The van der Waals surface area contributed by atoms with Crippen molar-refractivity contribution in [2.75, 3.05) is 19.8 Å². The van der Waals surface area contributed by atoms with E-state index in [-0.39, 0.29) is 31.4 Å². The SMILES string of the molecule is CC1(OC(=O)COCCO)C2CC3CC(C2)CC1C3. The van der Waals surface area contributed by atoms with E-state index in [1.165, 1.54) is 32.1 Å². The van der Waals surface area contributed by atoms with E-state index in [2.05, 4.69) is 6.92 Å². The fourth-order valence-electron chi connectivity index (χ4n) is 4.78. The molecule has 0 heterocycles. The van der Waals surface area contributed by atoms with Crippen LogP contribution in [0.25, 0.3) is 0 Å². The third-order valence-corrected chi connectivity index (χ3v) is 5.55. The summed E-state index contributed by atoms with van der Waals surface area (Å²) in [6, 6.07) is 0. The van der Waals surface area contributed by atoms with Crippen LogP contribution in [0, 0.1) is 23.7 Å². The third kappa shape index (κ3) is 2.40. The van der Waals surface area contributed by atoms with Gasteiger partial charge in [-0.05, 0) is 62.7 Å². The molecule has 1 N–H and O–H groups in total. The van der Waals surface area contributed by atoms with E-state index in [0.29, 0.717) is 11.8 Å². The number of hydrogen-bond donors (Lipinski definition) is 1. The molecule has 19 heavy (non-hydrogen) atoms. The van der Waals surface area contributed by atoms with E-state index >= 15 is 0 Å². The highest BCUT2D eigenvalue weighted by atomic mass is 16.6. The molecule has 4 bridgehead atoms. The van der Waals surface area contributed by atoms with Gasteiger partial charge >= 0.3 is 5.97 Å². The molecule has 4 heteroatoms. The summed E-state index contributed by atoms with van der Waals surface area (Å²) in [7, 11) is 0. The van der Waals surface area contributed by atoms with Crippen molar-refractivity contribution in [2.24, 2.45) is 23.7 Å². The zero-order chi connectivity index (χ0) is 13.5. The lowest BCUT2D eigenvalue weighted by atomic mass is 9.50. The molecule has 0 aromatic rings. The first-order valence-electron chi connectivity index (χ1n) is 7.52. The van der Waals surface area contributed by atoms with Gasteiger partial charge in [0.15, 0.2) is 0 Å². The highest BCUT2D eigenvalue weighted by Crippen LogP contribution is 2.59. The van der Waals surface area contributed by atoms with E-state index < -0.39 is 0 Å². The minimum atomic E-state index is -0.275. The van der Waals surface area contributed by atoms with Gasteiger partial charge in [0, 0.05) is 0 Å². The summed E-state index contributed by atoms with van der Waals surface area (Å²) in [5, 5.41) is 8.64. The second kappa shape index (κ2) is 5.06. The van der Waals surface area contributed by atoms with Crippen molar-refractivity contribution in [2.45, 2.75) is 44.6 Å². The monoisotopic (exact) mass is 268 g/mol. The van der Waals surface area contributed by atoms with Crippen molar-refractivity contribution >= 4 is 5.97 Å². The molecule has 4 nitrogen and oxygen atoms in total. The topological polar surface area (TPSA) is 55.8 Å². The summed E-state index contributed by atoms with van der Waals surface area (Å²) in [6.07, 6.45) is 6.32. The molecule has 4 saturated carbocycles. The number of aliphatic hydroxyl groups excluding tert-OH is 1. The molecule has 4 fully saturated rings. The molecule has 0 aromatic carbocycles. The maximum atomic E-state index is 11.9. The fraction of sp³-hybridized carbons (Fsp3) is 0.933. The number of aliphatic hydroxyl groups is 1.